The average Bonchev–Trinajstić information content (AvgIpc) is 2.80. The van der Waals surface area contributed by atoms with Crippen LogP contribution in [0.2, 0.25) is 5.02 Å². The van der Waals surface area contributed by atoms with Gasteiger partial charge in [-0.2, -0.15) is 0 Å². The quantitative estimate of drug-likeness (QED) is 0.786. The van der Waals surface area contributed by atoms with Crippen molar-refractivity contribution in [2.24, 2.45) is 5.92 Å². The maximum Gasteiger partial charge on any atom is 0.316 e. The van der Waals surface area contributed by atoms with Crippen LogP contribution in [0.5, 0.6) is 6.01 Å². The van der Waals surface area contributed by atoms with E-state index in [0.717, 1.165) is 12.3 Å². The molecule has 0 radical (unpaired) electrons. The summed E-state index contributed by atoms with van der Waals surface area (Å²) in [7, 11) is 2.16. The number of rotatable bonds is 2. The van der Waals surface area contributed by atoms with Gasteiger partial charge >= 0.3 is 6.01 Å². The molecule has 1 aliphatic heterocycles. The molecule has 3 unspecified atom stereocenters. The summed E-state index contributed by atoms with van der Waals surface area (Å²) in [6.45, 7) is 1.20. The molecule has 1 aromatic heterocycles. The summed E-state index contributed by atoms with van der Waals surface area (Å²) < 4.78 is 5.81. The Morgan fingerprint density at radius 1 is 1.38 bits per heavy atom. The van der Waals surface area contributed by atoms with E-state index in [1.807, 2.05) is 0 Å². The van der Waals surface area contributed by atoms with Gasteiger partial charge in [0.15, 0.2) is 0 Å². The predicted octanol–water partition coefficient (Wildman–Crippen LogP) is 1.60. The lowest BCUT2D eigenvalue weighted by Crippen LogP contribution is -2.41. The molecule has 4 nitrogen and oxygen atoms in total. The van der Waals surface area contributed by atoms with Crippen LogP contribution in [0.25, 0.3) is 0 Å². The normalized spacial score (nSPS) is 33.2. The van der Waals surface area contributed by atoms with Crippen molar-refractivity contribution < 1.29 is 4.74 Å². The van der Waals surface area contributed by atoms with E-state index in [1.54, 1.807) is 12.4 Å². The summed E-state index contributed by atoms with van der Waals surface area (Å²) in [6.07, 6.45) is 5.75. The second kappa shape index (κ2) is 3.86. The van der Waals surface area contributed by atoms with Gasteiger partial charge in [-0.15, -0.1) is 0 Å². The highest BCUT2D eigenvalue weighted by Gasteiger charge is 2.44. The summed E-state index contributed by atoms with van der Waals surface area (Å²) >= 11 is 5.73. The first kappa shape index (κ1) is 10.3. The Labute approximate surface area is 99.6 Å². The first-order valence-electron chi connectivity index (χ1n) is 5.57. The van der Waals surface area contributed by atoms with Crippen molar-refractivity contribution in [3.63, 3.8) is 0 Å². The summed E-state index contributed by atoms with van der Waals surface area (Å²) in [5.74, 6) is 0.785. The number of hydrogen-bond acceptors (Lipinski definition) is 4. The Hall–Kier alpha value is -0.870. The molecule has 1 saturated carbocycles. The van der Waals surface area contributed by atoms with Crippen LogP contribution in [-0.4, -0.2) is 40.6 Å². The molecule has 2 heterocycles. The van der Waals surface area contributed by atoms with Crippen LogP contribution in [0.4, 0.5) is 0 Å². The molecule has 2 aliphatic rings. The number of hydrogen-bond donors (Lipinski definition) is 0. The summed E-state index contributed by atoms with van der Waals surface area (Å²) in [5.41, 5.74) is 0. The Morgan fingerprint density at radius 3 is 2.75 bits per heavy atom. The number of ether oxygens (including phenoxy) is 1. The molecular weight excluding hydrogens is 226 g/mol. The van der Waals surface area contributed by atoms with Gasteiger partial charge in [0.1, 0.15) is 6.10 Å². The molecular formula is C11H14ClN3O. The largest absolute Gasteiger partial charge is 0.458 e. The fourth-order valence-electron chi connectivity index (χ4n) is 2.85. The highest BCUT2D eigenvalue weighted by Crippen LogP contribution is 2.38. The van der Waals surface area contributed by atoms with Gasteiger partial charge in [0, 0.05) is 12.6 Å². The van der Waals surface area contributed by atoms with E-state index in [4.69, 9.17) is 16.3 Å². The molecule has 0 aromatic carbocycles. The molecule has 0 spiro atoms. The second-order valence-corrected chi connectivity index (χ2v) is 5.12. The van der Waals surface area contributed by atoms with Crippen LogP contribution in [-0.2, 0) is 0 Å². The monoisotopic (exact) mass is 239 g/mol. The number of likely N-dealkylation sites (N-methyl/N-ethyl adjacent to an activating group) is 1. The number of nitrogens with zero attached hydrogens (tertiary/aromatic N) is 3. The van der Waals surface area contributed by atoms with Crippen LogP contribution in [0.3, 0.4) is 0 Å². The van der Waals surface area contributed by atoms with Gasteiger partial charge in [-0.05, 0) is 25.8 Å². The molecule has 1 saturated heterocycles. The second-order valence-electron chi connectivity index (χ2n) is 4.68. The highest BCUT2D eigenvalue weighted by atomic mass is 35.5. The summed E-state index contributed by atoms with van der Waals surface area (Å²) in [4.78, 5) is 10.5. The highest BCUT2D eigenvalue weighted by molar-refractivity contribution is 6.30. The summed E-state index contributed by atoms with van der Waals surface area (Å²) in [6, 6.07) is 0.972. The predicted molar refractivity (Wildman–Crippen MR) is 60.6 cm³/mol. The molecule has 2 bridgehead atoms. The third-order valence-corrected chi connectivity index (χ3v) is 3.73. The number of fused-ring (bicyclic) bond motifs is 2. The van der Waals surface area contributed by atoms with Gasteiger partial charge in [-0.1, -0.05) is 11.6 Å². The fourth-order valence-corrected chi connectivity index (χ4v) is 2.95. The molecule has 3 rings (SSSR count). The minimum atomic E-state index is 0.241. The minimum absolute atomic E-state index is 0.241. The maximum absolute atomic E-state index is 5.81. The molecule has 86 valence electrons. The van der Waals surface area contributed by atoms with Gasteiger partial charge < -0.3 is 4.74 Å². The Bertz CT molecular complexity index is 383. The van der Waals surface area contributed by atoms with Crippen molar-refractivity contribution in [3.8, 4) is 6.01 Å². The first-order valence-corrected chi connectivity index (χ1v) is 5.94. The van der Waals surface area contributed by atoms with Crippen LogP contribution >= 0.6 is 11.6 Å². The van der Waals surface area contributed by atoms with Crippen LogP contribution in [0.15, 0.2) is 12.4 Å². The topological polar surface area (TPSA) is 38.2 Å². The molecule has 3 atom stereocenters. The van der Waals surface area contributed by atoms with Crippen LogP contribution in [0.1, 0.15) is 12.8 Å². The van der Waals surface area contributed by atoms with Gasteiger partial charge in [-0.25, -0.2) is 9.97 Å². The van der Waals surface area contributed by atoms with Crippen LogP contribution < -0.4 is 4.74 Å². The third-order valence-electron chi connectivity index (χ3n) is 3.54. The molecule has 2 fully saturated rings. The SMILES string of the molecule is CN1CC2CC(Oc3ncc(Cl)cn3)C1C2. The molecule has 5 heteroatoms. The van der Waals surface area contributed by atoms with E-state index in [0.29, 0.717) is 17.1 Å². The van der Waals surface area contributed by atoms with E-state index in [2.05, 4.69) is 21.9 Å². The van der Waals surface area contributed by atoms with E-state index < -0.39 is 0 Å². The smallest absolute Gasteiger partial charge is 0.316 e. The zero-order valence-corrected chi connectivity index (χ0v) is 9.89. The number of halogens is 1. The van der Waals surface area contributed by atoms with Gasteiger partial charge in [0.2, 0.25) is 0 Å². The Morgan fingerprint density at radius 2 is 2.12 bits per heavy atom. The maximum atomic E-state index is 5.81. The zero-order chi connectivity index (χ0) is 11.1. The molecule has 16 heavy (non-hydrogen) atoms. The molecule has 1 aromatic rings. The molecule has 1 aliphatic carbocycles. The van der Waals surface area contributed by atoms with Crippen LogP contribution in [0, 0.1) is 5.92 Å². The number of aromatic nitrogens is 2. The van der Waals surface area contributed by atoms with Gasteiger partial charge in [0.05, 0.1) is 17.4 Å². The van der Waals surface area contributed by atoms with E-state index in [1.165, 1.54) is 13.0 Å². The lowest BCUT2D eigenvalue weighted by atomic mass is 10.1. The molecule has 0 amide bonds. The lowest BCUT2D eigenvalue weighted by molar-refractivity contribution is 0.0826. The molecule has 0 N–H and O–H groups in total. The van der Waals surface area contributed by atoms with E-state index in [-0.39, 0.29) is 6.10 Å². The average molecular weight is 240 g/mol. The lowest BCUT2D eigenvalue weighted by Gasteiger charge is -2.29. The van der Waals surface area contributed by atoms with Gasteiger partial charge in [-0.3, -0.25) is 4.90 Å². The fraction of sp³-hybridized carbons (Fsp3) is 0.636. The summed E-state index contributed by atoms with van der Waals surface area (Å²) in [5, 5.41) is 0.539. The first-order chi connectivity index (χ1) is 7.72. The number of likely N-dealkylation sites (tertiary alicyclic amines) is 1. The van der Waals surface area contributed by atoms with E-state index in [9.17, 15) is 0 Å². The number of piperidine rings is 1. The van der Waals surface area contributed by atoms with Crippen molar-refractivity contribution in [1.82, 2.24) is 14.9 Å². The van der Waals surface area contributed by atoms with Crippen molar-refractivity contribution in [2.45, 2.75) is 25.0 Å². The Balaban J connectivity index is 1.69. The third kappa shape index (κ3) is 1.76. The van der Waals surface area contributed by atoms with Crippen molar-refractivity contribution in [1.29, 1.82) is 0 Å². The Kier molecular flexibility index (Phi) is 2.48. The minimum Gasteiger partial charge on any atom is -0.458 e. The van der Waals surface area contributed by atoms with Crippen molar-refractivity contribution in [3.05, 3.63) is 17.4 Å². The van der Waals surface area contributed by atoms with Gasteiger partial charge in [0.25, 0.3) is 0 Å². The standard InChI is InChI=1S/C11H14ClN3O/c1-15-6-7-2-9(15)10(3-7)16-11-13-4-8(12)5-14-11/h4-5,7,9-10H,2-3,6H2,1H3. The van der Waals surface area contributed by atoms with E-state index >= 15 is 0 Å². The van der Waals surface area contributed by atoms with Crippen molar-refractivity contribution in [2.75, 3.05) is 13.6 Å². The van der Waals surface area contributed by atoms with Crippen molar-refractivity contribution >= 4 is 11.6 Å². The zero-order valence-electron chi connectivity index (χ0n) is 9.14.